The van der Waals surface area contributed by atoms with Crippen molar-refractivity contribution in [1.82, 2.24) is 15.0 Å². The maximum Gasteiger partial charge on any atom is 0.416 e. The van der Waals surface area contributed by atoms with Crippen LogP contribution in [0.1, 0.15) is 32.3 Å². The van der Waals surface area contributed by atoms with Crippen LogP contribution < -0.4 is 19.9 Å². The average molecular weight is 571 g/mol. The molecule has 0 aliphatic carbocycles. The summed E-state index contributed by atoms with van der Waals surface area (Å²) < 4.78 is 57.2. The highest BCUT2D eigenvalue weighted by Gasteiger charge is 2.39. The van der Waals surface area contributed by atoms with Gasteiger partial charge in [-0.15, -0.1) is 0 Å². The molecule has 3 aliphatic heterocycles. The van der Waals surface area contributed by atoms with Crippen molar-refractivity contribution in [1.29, 1.82) is 0 Å². The molecule has 10 nitrogen and oxygen atoms in total. The minimum atomic E-state index is -4.50. The molecule has 2 amide bonds. The molecule has 2 fully saturated rings. The Labute approximate surface area is 234 Å². The number of ether oxygens (including phenoxy) is 3. The number of benzene rings is 1. The third kappa shape index (κ3) is 5.77. The second-order valence-corrected chi connectivity index (χ2v) is 10.7. The van der Waals surface area contributed by atoms with Gasteiger partial charge >= 0.3 is 12.2 Å². The van der Waals surface area contributed by atoms with E-state index < -0.39 is 23.6 Å². The summed E-state index contributed by atoms with van der Waals surface area (Å²) in [7, 11) is 0. The topological polar surface area (TPSA) is 102 Å². The molecule has 6 rings (SSSR count). The lowest BCUT2D eigenvalue weighted by molar-refractivity contribution is -0.141. The monoisotopic (exact) mass is 570 g/mol. The summed E-state index contributed by atoms with van der Waals surface area (Å²) >= 11 is 0. The van der Waals surface area contributed by atoms with Crippen LogP contribution >= 0.6 is 0 Å². The van der Waals surface area contributed by atoms with Crippen LogP contribution in [-0.4, -0.2) is 65.2 Å². The Morgan fingerprint density at radius 1 is 1.22 bits per heavy atom. The summed E-state index contributed by atoms with van der Waals surface area (Å²) in [5.74, 6) is 0.245. The van der Waals surface area contributed by atoms with Gasteiger partial charge in [-0.05, 0) is 38.8 Å². The number of alkyl halides is 3. The molecule has 216 valence electrons. The van der Waals surface area contributed by atoms with Crippen molar-refractivity contribution in [3.05, 3.63) is 54.5 Å². The number of carbonyl (C=O) groups is 1. The van der Waals surface area contributed by atoms with Crippen LogP contribution in [0.3, 0.4) is 0 Å². The van der Waals surface area contributed by atoms with Gasteiger partial charge in [-0.3, -0.25) is 9.88 Å². The molecule has 2 atom stereocenters. The van der Waals surface area contributed by atoms with E-state index in [1.54, 1.807) is 23.4 Å². The number of halogens is 3. The molecule has 2 aromatic heterocycles. The fourth-order valence-electron chi connectivity index (χ4n) is 5.34. The molecule has 1 unspecified atom stereocenters. The minimum absolute atomic E-state index is 0.104. The molecule has 0 saturated carbocycles. The van der Waals surface area contributed by atoms with Crippen LogP contribution in [0.5, 0.6) is 5.75 Å². The van der Waals surface area contributed by atoms with Crippen molar-refractivity contribution < 1.29 is 32.2 Å². The van der Waals surface area contributed by atoms with Gasteiger partial charge in [-0.2, -0.15) is 13.2 Å². The summed E-state index contributed by atoms with van der Waals surface area (Å²) in [4.78, 5) is 30.5. The number of carbonyl (C=O) groups excluding carboxylic acids is 1. The standard InChI is InChI=1S/C28H29F3N6O4/c1-27(2)40-16-22(41-27)15-39-21-10-19(11-32-12-21)34-26(38)37-20-7-4-8-36(14-20)23-13-33-24(35-25(23)37)17-5-3-6-18(9-17)28(29,30)31/h3,5-6,9-13,20,22H,4,7-8,14-16H2,1-2H3,(H,34,38)/t20-,22?/m0/s1. The lowest BCUT2D eigenvalue weighted by Gasteiger charge is -2.45. The Bertz CT molecular complexity index is 1450. The first-order valence-electron chi connectivity index (χ1n) is 13.4. The molecule has 2 saturated heterocycles. The van der Waals surface area contributed by atoms with Crippen molar-refractivity contribution >= 4 is 23.2 Å². The maximum atomic E-state index is 13.7. The first-order chi connectivity index (χ1) is 19.6. The van der Waals surface area contributed by atoms with E-state index >= 15 is 0 Å². The van der Waals surface area contributed by atoms with Gasteiger partial charge in [0.25, 0.3) is 0 Å². The number of pyridine rings is 1. The van der Waals surface area contributed by atoms with Gasteiger partial charge in [-0.25, -0.2) is 14.8 Å². The van der Waals surface area contributed by atoms with E-state index in [-0.39, 0.29) is 30.1 Å². The van der Waals surface area contributed by atoms with Crippen LogP contribution in [0, 0.1) is 0 Å². The molecule has 1 N–H and O–H groups in total. The predicted molar refractivity (Wildman–Crippen MR) is 144 cm³/mol. The molecule has 13 heteroatoms. The Morgan fingerprint density at radius 3 is 2.85 bits per heavy atom. The molecule has 0 radical (unpaired) electrons. The number of rotatable bonds is 5. The molecule has 3 aliphatic rings. The lowest BCUT2D eigenvalue weighted by atomic mass is 10.0. The second-order valence-electron chi connectivity index (χ2n) is 10.7. The number of amides is 2. The lowest BCUT2D eigenvalue weighted by Crippen LogP contribution is -2.56. The van der Waals surface area contributed by atoms with Gasteiger partial charge in [0.1, 0.15) is 18.5 Å². The van der Waals surface area contributed by atoms with Gasteiger partial charge in [0.05, 0.1) is 48.2 Å². The molecular weight excluding hydrogens is 541 g/mol. The van der Waals surface area contributed by atoms with E-state index in [1.165, 1.54) is 18.3 Å². The number of nitrogens with one attached hydrogen (secondary N) is 1. The molecule has 1 aromatic carbocycles. The fraction of sp³-hybridized carbons (Fsp3) is 0.429. The van der Waals surface area contributed by atoms with Gasteiger partial charge < -0.3 is 24.4 Å². The van der Waals surface area contributed by atoms with Crippen molar-refractivity contribution in [2.75, 3.05) is 41.4 Å². The van der Waals surface area contributed by atoms with Gasteiger partial charge in [-0.1, -0.05) is 12.1 Å². The summed E-state index contributed by atoms with van der Waals surface area (Å²) in [6.45, 7) is 5.73. The Balaban J connectivity index is 1.24. The van der Waals surface area contributed by atoms with E-state index in [2.05, 4.69) is 25.2 Å². The van der Waals surface area contributed by atoms with Crippen LogP contribution in [0.15, 0.2) is 48.9 Å². The minimum Gasteiger partial charge on any atom is -0.489 e. The number of fused-ring (bicyclic) bond motifs is 4. The Kier molecular flexibility index (Phi) is 6.94. The zero-order valence-corrected chi connectivity index (χ0v) is 22.5. The number of piperidine rings is 1. The average Bonchev–Trinajstić information content (AvgIpc) is 3.30. The molecule has 2 bridgehead atoms. The molecule has 3 aromatic rings. The van der Waals surface area contributed by atoms with E-state index in [4.69, 9.17) is 14.2 Å². The third-order valence-electron chi connectivity index (χ3n) is 7.22. The van der Waals surface area contributed by atoms with Crippen molar-refractivity contribution in [2.24, 2.45) is 0 Å². The van der Waals surface area contributed by atoms with Crippen molar-refractivity contribution in [3.8, 4) is 17.1 Å². The number of aromatic nitrogens is 3. The highest BCUT2D eigenvalue weighted by molar-refractivity contribution is 6.04. The maximum absolute atomic E-state index is 13.7. The summed E-state index contributed by atoms with van der Waals surface area (Å²) in [5, 5.41) is 2.89. The molecule has 41 heavy (non-hydrogen) atoms. The Morgan fingerprint density at radius 2 is 2.07 bits per heavy atom. The smallest absolute Gasteiger partial charge is 0.416 e. The molecule has 0 spiro atoms. The van der Waals surface area contributed by atoms with Crippen molar-refractivity contribution in [2.45, 2.75) is 50.8 Å². The number of anilines is 3. The van der Waals surface area contributed by atoms with E-state index in [0.29, 0.717) is 36.1 Å². The second kappa shape index (κ2) is 10.5. The Hall–Kier alpha value is -3.97. The first kappa shape index (κ1) is 27.2. The SMILES string of the molecule is CC1(C)OCC(COc2cncc(NC(=O)N3c4nc(-c5cccc(C(F)(F)F)c5)ncc4N4CCC[C@H]3C4)c2)O1. The van der Waals surface area contributed by atoms with E-state index in [9.17, 15) is 18.0 Å². The number of nitrogens with zero attached hydrogens (tertiary/aromatic N) is 5. The predicted octanol–water partition coefficient (Wildman–Crippen LogP) is 5.11. The first-order valence-corrected chi connectivity index (χ1v) is 13.4. The zero-order valence-electron chi connectivity index (χ0n) is 22.5. The van der Waals surface area contributed by atoms with E-state index in [0.717, 1.165) is 31.5 Å². The summed E-state index contributed by atoms with van der Waals surface area (Å²) in [6.07, 6.45) is 1.53. The van der Waals surface area contributed by atoms with Crippen LogP contribution in [0.25, 0.3) is 11.4 Å². The normalized spacial score (nSPS) is 21.4. The highest BCUT2D eigenvalue weighted by atomic mass is 19.4. The largest absolute Gasteiger partial charge is 0.489 e. The van der Waals surface area contributed by atoms with Crippen LogP contribution in [-0.2, 0) is 15.7 Å². The zero-order chi connectivity index (χ0) is 28.8. The highest BCUT2D eigenvalue weighted by Crippen LogP contribution is 2.39. The summed E-state index contributed by atoms with van der Waals surface area (Å²) in [6, 6.07) is 5.91. The molecule has 5 heterocycles. The number of hydrogen-bond donors (Lipinski definition) is 1. The van der Waals surface area contributed by atoms with Gasteiger partial charge in [0.2, 0.25) is 0 Å². The third-order valence-corrected chi connectivity index (χ3v) is 7.22. The fourth-order valence-corrected chi connectivity index (χ4v) is 5.34. The number of hydrogen-bond acceptors (Lipinski definition) is 8. The van der Waals surface area contributed by atoms with Crippen molar-refractivity contribution in [3.63, 3.8) is 0 Å². The molecular formula is C28H29F3N6O4. The van der Waals surface area contributed by atoms with Gasteiger partial charge in [0.15, 0.2) is 17.4 Å². The van der Waals surface area contributed by atoms with Gasteiger partial charge in [0, 0.05) is 24.7 Å². The van der Waals surface area contributed by atoms with Crippen LogP contribution in [0.4, 0.5) is 35.2 Å². The van der Waals surface area contributed by atoms with E-state index in [1.807, 2.05) is 13.8 Å². The quantitative estimate of drug-likeness (QED) is 0.452. The number of urea groups is 1. The van der Waals surface area contributed by atoms with Crippen LogP contribution in [0.2, 0.25) is 0 Å². The summed E-state index contributed by atoms with van der Waals surface area (Å²) in [5.41, 5.74) is 0.492.